The van der Waals surface area contributed by atoms with Crippen LogP contribution in [0.4, 0.5) is 5.82 Å². The second kappa shape index (κ2) is 10.5. The molecule has 1 aliphatic rings. The molecule has 2 aromatic carbocycles. The van der Waals surface area contributed by atoms with E-state index in [0.717, 1.165) is 30.7 Å². The fourth-order valence-electron chi connectivity index (χ4n) is 3.95. The number of nitriles is 1. The first-order valence-corrected chi connectivity index (χ1v) is 10.9. The van der Waals surface area contributed by atoms with Crippen LogP contribution in [0.25, 0.3) is 0 Å². The van der Waals surface area contributed by atoms with Gasteiger partial charge in [0.25, 0.3) is 5.91 Å². The van der Waals surface area contributed by atoms with E-state index in [2.05, 4.69) is 28.1 Å². The van der Waals surface area contributed by atoms with Crippen LogP contribution < -0.4 is 9.64 Å². The average molecular weight is 427 g/mol. The van der Waals surface area contributed by atoms with E-state index in [9.17, 15) is 10.1 Å². The SMILES string of the molecule is N#Cc1cccnc1N1CCCN(C(=O)COc2ccccc2Cc2ccccc2)CC1. The van der Waals surface area contributed by atoms with Gasteiger partial charge in [-0.1, -0.05) is 48.5 Å². The van der Waals surface area contributed by atoms with Crippen molar-refractivity contribution >= 4 is 11.7 Å². The molecule has 0 aliphatic carbocycles. The van der Waals surface area contributed by atoms with Gasteiger partial charge in [-0.05, 0) is 35.7 Å². The maximum atomic E-state index is 12.9. The lowest BCUT2D eigenvalue weighted by atomic mass is 10.0. The molecule has 2 heterocycles. The van der Waals surface area contributed by atoms with Crippen molar-refractivity contribution in [1.29, 1.82) is 5.26 Å². The van der Waals surface area contributed by atoms with Crippen molar-refractivity contribution in [3.8, 4) is 11.8 Å². The molecule has 0 bridgehead atoms. The monoisotopic (exact) mass is 426 g/mol. The molecule has 0 unspecified atom stereocenters. The topological polar surface area (TPSA) is 69.5 Å². The van der Waals surface area contributed by atoms with Gasteiger partial charge in [0.1, 0.15) is 17.6 Å². The summed E-state index contributed by atoms with van der Waals surface area (Å²) in [5, 5.41) is 9.36. The lowest BCUT2D eigenvalue weighted by molar-refractivity contribution is -0.133. The number of pyridine rings is 1. The summed E-state index contributed by atoms with van der Waals surface area (Å²) in [6.45, 7) is 2.66. The van der Waals surface area contributed by atoms with E-state index in [1.54, 1.807) is 18.3 Å². The molecule has 1 amide bonds. The molecule has 32 heavy (non-hydrogen) atoms. The highest BCUT2D eigenvalue weighted by atomic mass is 16.5. The lowest BCUT2D eigenvalue weighted by Gasteiger charge is -2.23. The van der Waals surface area contributed by atoms with Gasteiger partial charge in [0.05, 0.1) is 5.56 Å². The number of rotatable bonds is 6. The average Bonchev–Trinajstić information content (AvgIpc) is 3.10. The van der Waals surface area contributed by atoms with Crippen LogP contribution in [0.1, 0.15) is 23.1 Å². The second-order valence-corrected chi connectivity index (χ2v) is 7.77. The van der Waals surface area contributed by atoms with Crippen LogP contribution in [-0.2, 0) is 11.2 Å². The maximum absolute atomic E-state index is 12.9. The summed E-state index contributed by atoms with van der Waals surface area (Å²) in [5.41, 5.74) is 2.83. The first-order chi connectivity index (χ1) is 15.7. The molecule has 0 N–H and O–H groups in total. The van der Waals surface area contributed by atoms with E-state index in [1.165, 1.54) is 5.56 Å². The van der Waals surface area contributed by atoms with Crippen LogP contribution in [0.15, 0.2) is 72.9 Å². The lowest BCUT2D eigenvalue weighted by Crippen LogP contribution is -2.38. The van der Waals surface area contributed by atoms with Gasteiger partial charge < -0.3 is 14.5 Å². The zero-order valence-corrected chi connectivity index (χ0v) is 18.0. The summed E-state index contributed by atoms with van der Waals surface area (Å²) in [4.78, 5) is 21.2. The van der Waals surface area contributed by atoms with E-state index < -0.39 is 0 Å². The Morgan fingerprint density at radius 2 is 1.78 bits per heavy atom. The summed E-state index contributed by atoms with van der Waals surface area (Å²) in [7, 11) is 0. The smallest absolute Gasteiger partial charge is 0.260 e. The molecule has 0 saturated carbocycles. The predicted molar refractivity (Wildman–Crippen MR) is 124 cm³/mol. The first kappa shape index (κ1) is 21.4. The number of ether oxygens (including phenoxy) is 1. The minimum absolute atomic E-state index is 0.0127. The van der Waals surface area contributed by atoms with Crippen molar-refractivity contribution in [3.63, 3.8) is 0 Å². The maximum Gasteiger partial charge on any atom is 0.260 e. The summed E-state index contributed by atoms with van der Waals surface area (Å²) in [6.07, 6.45) is 3.28. The Kier molecular flexibility index (Phi) is 6.98. The Morgan fingerprint density at radius 3 is 2.62 bits per heavy atom. The van der Waals surface area contributed by atoms with Crippen molar-refractivity contribution in [1.82, 2.24) is 9.88 Å². The number of benzene rings is 2. The Balaban J connectivity index is 1.36. The summed E-state index contributed by atoms with van der Waals surface area (Å²) >= 11 is 0. The van der Waals surface area contributed by atoms with Crippen LogP contribution in [0.3, 0.4) is 0 Å². The number of amides is 1. The highest BCUT2D eigenvalue weighted by Crippen LogP contribution is 2.22. The molecule has 3 aromatic rings. The molecule has 1 saturated heterocycles. The Labute approximate surface area is 188 Å². The van der Waals surface area contributed by atoms with Crippen molar-refractivity contribution < 1.29 is 9.53 Å². The third-order valence-electron chi connectivity index (χ3n) is 5.62. The normalized spacial score (nSPS) is 13.8. The van der Waals surface area contributed by atoms with Crippen molar-refractivity contribution in [2.75, 3.05) is 37.7 Å². The van der Waals surface area contributed by atoms with Crippen LogP contribution in [0.2, 0.25) is 0 Å². The van der Waals surface area contributed by atoms with Gasteiger partial charge in [-0.25, -0.2) is 4.98 Å². The second-order valence-electron chi connectivity index (χ2n) is 7.77. The highest BCUT2D eigenvalue weighted by molar-refractivity contribution is 5.78. The molecule has 0 atom stereocenters. The van der Waals surface area contributed by atoms with Crippen LogP contribution in [0.5, 0.6) is 5.75 Å². The fourth-order valence-corrected chi connectivity index (χ4v) is 3.95. The van der Waals surface area contributed by atoms with E-state index in [-0.39, 0.29) is 12.5 Å². The number of nitrogens with zero attached hydrogens (tertiary/aromatic N) is 4. The van der Waals surface area contributed by atoms with E-state index >= 15 is 0 Å². The third kappa shape index (κ3) is 5.25. The molecule has 6 heteroatoms. The van der Waals surface area contributed by atoms with Crippen molar-refractivity contribution in [2.24, 2.45) is 0 Å². The predicted octanol–water partition coefficient (Wildman–Crippen LogP) is 3.66. The number of para-hydroxylation sites is 1. The zero-order chi connectivity index (χ0) is 22.2. The van der Waals surface area contributed by atoms with Gasteiger partial charge >= 0.3 is 0 Å². The molecule has 6 nitrogen and oxygen atoms in total. The Hall–Kier alpha value is -3.85. The molecule has 4 rings (SSSR count). The highest BCUT2D eigenvalue weighted by Gasteiger charge is 2.22. The Bertz CT molecular complexity index is 1090. The Morgan fingerprint density at radius 1 is 0.969 bits per heavy atom. The molecular weight excluding hydrogens is 400 g/mol. The van der Waals surface area contributed by atoms with Gasteiger partial charge in [0.15, 0.2) is 6.61 Å². The van der Waals surface area contributed by atoms with Gasteiger partial charge in [-0.3, -0.25) is 4.79 Å². The van der Waals surface area contributed by atoms with E-state index in [4.69, 9.17) is 4.74 Å². The van der Waals surface area contributed by atoms with Gasteiger partial charge in [0.2, 0.25) is 0 Å². The van der Waals surface area contributed by atoms with Gasteiger partial charge in [0, 0.05) is 38.8 Å². The molecule has 162 valence electrons. The van der Waals surface area contributed by atoms with Crippen LogP contribution >= 0.6 is 0 Å². The standard InChI is InChI=1S/C26H26N4O2/c27-19-23-11-6-13-28-26(23)30-15-7-14-29(16-17-30)25(31)20-32-24-12-5-4-10-22(24)18-21-8-2-1-3-9-21/h1-6,8-13H,7,14-18,20H2. The molecule has 1 aromatic heterocycles. The number of carbonyl (C=O) groups excluding carboxylic acids is 1. The minimum Gasteiger partial charge on any atom is -0.483 e. The van der Waals surface area contributed by atoms with E-state index in [0.29, 0.717) is 31.0 Å². The minimum atomic E-state index is -0.0251. The molecule has 1 fully saturated rings. The molecular formula is C26H26N4O2. The molecule has 0 spiro atoms. The molecule has 0 radical (unpaired) electrons. The first-order valence-electron chi connectivity index (χ1n) is 10.9. The van der Waals surface area contributed by atoms with Crippen LogP contribution in [-0.4, -0.2) is 48.6 Å². The third-order valence-corrected chi connectivity index (χ3v) is 5.62. The van der Waals surface area contributed by atoms with Gasteiger partial charge in [-0.15, -0.1) is 0 Å². The fraction of sp³-hybridized carbons (Fsp3) is 0.269. The van der Waals surface area contributed by atoms with Gasteiger partial charge in [-0.2, -0.15) is 5.26 Å². The molecule has 1 aliphatic heterocycles. The number of hydrogen-bond donors (Lipinski definition) is 0. The van der Waals surface area contributed by atoms with E-state index in [1.807, 2.05) is 47.4 Å². The zero-order valence-electron chi connectivity index (χ0n) is 18.0. The van der Waals surface area contributed by atoms with Crippen LogP contribution in [0, 0.1) is 11.3 Å². The largest absolute Gasteiger partial charge is 0.483 e. The quantitative estimate of drug-likeness (QED) is 0.602. The number of carbonyl (C=O) groups is 1. The summed E-state index contributed by atoms with van der Waals surface area (Å²) in [5.74, 6) is 1.41. The number of hydrogen-bond acceptors (Lipinski definition) is 5. The number of aromatic nitrogens is 1. The summed E-state index contributed by atoms with van der Waals surface area (Å²) in [6, 6.07) is 23.8. The number of anilines is 1. The van der Waals surface area contributed by atoms with Crippen molar-refractivity contribution in [2.45, 2.75) is 12.8 Å². The van der Waals surface area contributed by atoms with Crippen molar-refractivity contribution in [3.05, 3.63) is 89.6 Å². The summed E-state index contributed by atoms with van der Waals surface area (Å²) < 4.78 is 5.95.